The maximum Gasteiger partial charge on any atom is 0.173 e. The Bertz CT molecular complexity index is 488. The molecule has 0 aliphatic rings. The fourth-order valence-corrected chi connectivity index (χ4v) is 1.68. The van der Waals surface area contributed by atoms with Crippen LogP contribution in [0.3, 0.4) is 0 Å². The number of H-pyrrole nitrogens is 1. The molecule has 2 aromatic rings. The van der Waals surface area contributed by atoms with Gasteiger partial charge >= 0.3 is 0 Å². The van der Waals surface area contributed by atoms with Gasteiger partial charge in [-0.1, -0.05) is 25.1 Å². The third-order valence-electron chi connectivity index (χ3n) is 2.50. The first-order chi connectivity index (χ1) is 7.70. The number of hydrogen-bond acceptors (Lipinski definition) is 3. The molecule has 0 atom stereocenters. The lowest BCUT2D eigenvalue weighted by atomic mass is 10.1. The molecule has 16 heavy (non-hydrogen) atoms. The van der Waals surface area contributed by atoms with E-state index < -0.39 is 0 Å². The molecule has 2 rings (SSSR count). The highest BCUT2D eigenvalue weighted by Crippen LogP contribution is 2.23. The highest BCUT2D eigenvalue weighted by molar-refractivity contribution is 5.68. The minimum atomic E-state index is 0.573. The van der Waals surface area contributed by atoms with Gasteiger partial charge in [-0.05, 0) is 25.0 Å². The number of aryl methyl sites for hydroxylation is 2. The van der Waals surface area contributed by atoms with Crippen molar-refractivity contribution in [3.05, 3.63) is 35.7 Å². The SMILES string of the molecule is CCc1ccccc1Nc1nc(C)[nH]c1N. The molecular weight excluding hydrogens is 200 g/mol. The first-order valence-corrected chi connectivity index (χ1v) is 5.37. The lowest BCUT2D eigenvalue weighted by Crippen LogP contribution is -1.98. The van der Waals surface area contributed by atoms with Crippen LogP contribution in [0.4, 0.5) is 17.3 Å². The molecule has 0 unspecified atom stereocenters. The Morgan fingerprint density at radius 1 is 1.38 bits per heavy atom. The molecule has 0 bridgehead atoms. The average Bonchev–Trinajstić information content (AvgIpc) is 2.58. The first-order valence-electron chi connectivity index (χ1n) is 5.37. The van der Waals surface area contributed by atoms with Crippen LogP contribution >= 0.6 is 0 Å². The molecule has 0 fully saturated rings. The largest absolute Gasteiger partial charge is 0.382 e. The highest BCUT2D eigenvalue weighted by Gasteiger charge is 2.06. The van der Waals surface area contributed by atoms with Crippen LogP contribution in [0.25, 0.3) is 0 Å². The Morgan fingerprint density at radius 3 is 2.75 bits per heavy atom. The normalized spacial score (nSPS) is 10.4. The Kier molecular flexibility index (Phi) is 2.81. The minimum Gasteiger partial charge on any atom is -0.382 e. The number of imidazole rings is 1. The summed E-state index contributed by atoms with van der Waals surface area (Å²) >= 11 is 0. The number of nitrogens with zero attached hydrogens (tertiary/aromatic N) is 1. The number of hydrogen-bond donors (Lipinski definition) is 3. The van der Waals surface area contributed by atoms with Crippen LogP contribution in [0, 0.1) is 6.92 Å². The molecule has 0 saturated heterocycles. The van der Waals surface area contributed by atoms with Crippen molar-refractivity contribution in [1.82, 2.24) is 9.97 Å². The zero-order valence-corrected chi connectivity index (χ0v) is 9.54. The molecule has 0 radical (unpaired) electrons. The van der Waals surface area contributed by atoms with Crippen molar-refractivity contribution < 1.29 is 0 Å². The van der Waals surface area contributed by atoms with Crippen LogP contribution < -0.4 is 11.1 Å². The molecule has 1 heterocycles. The molecule has 0 spiro atoms. The number of nitrogens with one attached hydrogen (secondary N) is 2. The van der Waals surface area contributed by atoms with E-state index in [1.54, 1.807) is 0 Å². The van der Waals surface area contributed by atoms with Crippen molar-refractivity contribution >= 4 is 17.3 Å². The van der Waals surface area contributed by atoms with E-state index in [1.807, 2.05) is 25.1 Å². The van der Waals surface area contributed by atoms with Gasteiger partial charge in [0.15, 0.2) is 5.82 Å². The zero-order valence-electron chi connectivity index (χ0n) is 9.54. The van der Waals surface area contributed by atoms with E-state index in [0.29, 0.717) is 11.6 Å². The van der Waals surface area contributed by atoms with Gasteiger partial charge in [0.1, 0.15) is 11.6 Å². The van der Waals surface area contributed by atoms with Crippen molar-refractivity contribution in [3.8, 4) is 0 Å². The second kappa shape index (κ2) is 4.26. The standard InChI is InChI=1S/C12H16N4/c1-3-9-6-4-5-7-10(9)16-12-11(13)14-8(2)15-12/h4-7,16H,3,13H2,1-2H3,(H,14,15). The summed E-state index contributed by atoms with van der Waals surface area (Å²) in [5, 5.41) is 3.25. The highest BCUT2D eigenvalue weighted by atomic mass is 15.1. The van der Waals surface area contributed by atoms with Gasteiger partial charge in [0, 0.05) is 5.69 Å². The van der Waals surface area contributed by atoms with Crippen molar-refractivity contribution in [2.24, 2.45) is 0 Å². The number of nitrogens with two attached hydrogens (primary N) is 1. The molecule has 0 amide bonds. The van der Waals surface area contributed by atoms with Crippen LogP contribution in [-0.2, 0) is 6.42 Å². The molecular formula is C12H16N4. The zero-order chi connectivity index (χ0) is 11.5. The van der Waals surface area contributed by atoms with Gasteiger partial charge in [0.25, 0.3) is 0 Å². The smallest absolute Gasteiger partial charge is 0.173 e. The van der Waals surface area contributed by atoms with Gasteiger partial charge in [-0.3, -0.25) is 0 Å². The van der Waals surface area contributed by atoms with E-state index in [1.165, 1.54) is 5.56 Å². The average molecular weight is 216 g/mol. The molecule has 0 saturated carbocycles. The van der Waals surface area contributed by atoms with Crippen LogP contribution in [0.2, 0.25) is 0 Å². The number of para-hydroxylation sites is 1. The fourth-order valence-electron chi connectivity index (χ4n) is 1.68. The van der Waals surface area contributed by atoms with E-state index >= 15 is 0 Å². The van der Waals surface area contributed by atoms with E-state index in [2.05, 4.69) is 28.3 Å². The number of anilines is 3. The molecule has 0 aliphatic heterocycles. The summed E-state index contributed by atoms with van der Waals surface area (Å²) in [5.74, 6) is 2.08. The van der Waals surface area contributed by atoms with Gasteiger partial charge in [-0.25, -0.2) is 4.98 Å². The van der Waals surface area contributed by atoms with E-state index in [9.17, 15) is 0 Å². The third kappa shape index (κ3) is 2.00. The van der Waals surface area contributed by atoms with Crippen molar-refractivity contribution in [3.63, 3.8) is 0 Å². The Morgan fingerprint density at radius 2 is 2.12 bits per heavy atom. The van der Waals surface area contributed by atoms with Crippen LogP contribution in [0.15, 0.2) is 24.3 Å². The Balaban J connectivity index is 2.30. The van der Waals surface area contributed by atoms with Crippen molar-refractivity contribution in [2.45, 2.75) is 20.3 Å². The van der Waals surface area contributed by atoms with Gasteiger partial charge in [0.05, 0.1) is 0 Å². The second-order valence-electron chi connectivity index (χ2n) is 3.72. The lowest BCUT2D eigenvalue weighted by Gasteiger charge is -2.08. The van der Waals surface area contributed by atoms with E-state index in [0.717, 1.165) is 17.9 Å². The van der Waals surface area contributed by atoms with E-state index in [4.69, 9.17) is 5.73 Å². The molecule has 84 valence electrons. The second-order valence-corrected chi connectivity index (χ2v) is 3.72. The van der Waals surface area contributed by atoms with Crippen LogP contribution in [0.5, 0.6) is 0 Å². The molecule has 4 N–H and O–H groups in total. The number of nitrogen functional groups attached to an aromatic ring is 1. The molecule has 1 aromatic heterocycles. The number of aromatic nitrogens is 2. The summed E-state index contributed by atoms with van der Waals surface area (Å²) in [6.07, 6.45) is 0.979. The monoisotopic (exact) mass is 216 g/mol. The lowest BCUT2D eigenvalue weighted by molar-refractivity contribution is 1.13. The predicted molar refractivity (Wildman–Crippen MR) is 66.8 cm³/mol. The fraction of sp³-hybridized carbons (Fsp3) is 0.250. The summed E-state index contributed by atoms with van der Waals surface area (Å²) in [5.41, 5.74) is 8.11. The molecule has 0 aliphatic carbocycles. The topological polar surface area (TPSA) is 66.7 Å². The van der Waals surface area contributed by atoms with Crippen LogP contribution in [0.1, 0.15) is 18.3 Å². The summed E-state index contributed by atoms with van der Waals surface area (Å²) in [7, 11) is 0. The van der Waals surface area contributed by atoms with E-state index in [-0.39, 0.29) is 0 Å². The minimum absolute atomic E-state index is 0.573. The van der Waals surface area contributed by atoms with Gasteiger partial charge in [-0.15, -0.1) is 0 Å². The number of benzene rings is 1. The summed E-state index contributed by atoms with van der Waals surface area (Å²) < 4.78 is 0. The Hall–Kier alpha value is -1.97. The Labute approximate surface area is 94.9 Å². The maximum atomic E-state index is 5.80. The maximum absolute atomic E-state index is 5.80. The van der Waals surface area contributed by atoms with Crippen LogP contribution in [-0.4, -0.2) is 9.97 Å². The van der Waals surface area contributed by atoms with Gasteiger partial charge in [0.2, 0.25) is 0 Å². The first kappa shape index (κ1) is 10.5. The third-order valence-corrected chi connectivity index (χ3v) is 2.50. The summed E-state index contributed by atoms with van der Waals surface area (Å²) in [6, 6.07) is 8.15. The molecule has 4 nitrogen and oxygen atoms in total. The summed E-state index contributed by atoms with van der Waals surface area (Å²) in [4.78, 5) is 7.26. The quantitative estimate of drug-likeness (QED) is 0.738. The molecule has 1 aromatic carbocycles. The molecule has 4 heteroatoms. The number of aromatic amines is 1. The van der Waals surface area contributed by atoms with Gasteiger partial charge < -0.3 is 16.0 Å². The summed E-state index contributed by atoms with van der Waals surface area (Å²) in [6.45, 7) is 4.01. The predicted octanol–water partition coefficient (Wildman–Crippen LogP) is 2.61. The van der Waals surface area contributed by atoms with Gasteiger partial charge in [-0.2, -0.15) is 0 Å². The van der Waals surface area contributed by atoms with Crippen molar-refractivity contribution in [2.75, 3.05) is 11.1 Å². The van der Waals surface area contributed by atoms with Crippen molar-refractivity contribution in [1.29, 1.82) is 0 Å². The number of rotatable bonds is 3.